The van der Waals surface area contributed by atoms with Gasteiger partial charge in [0.1, 0.15) is 0 Å². The monoisotopic (exact) mass is 247 g/mol. The number of nitrogens with one attached hydrogen (secondary N) is 1. The lowest BCUT2D eigenvalue weighted by atomic mass is 10.3. The average Bonchev–Trinajstić information content (AvgIpc) is 2.54. The zero-order valence-electron chi connectivity index (χ0n) is 6.72. The summed E-state index contributed by atoms with van der Waals surface area (Å²) in [5, 5.41) is 11.5. The minimum atomic E-state index is 0.737. The summed E-state index contributed by atoms with van der Waals surface area (Å²) >= 11 is 7.44. The molecule has 14 heavy (non-hydrogen) atoms. The maximum absolute atomic E-state index is 7.98. The summed E-state index contributed by atoms with van der Waals surface area (Å²) in [5.74, 6) is 0. The molecule has 0 saturated heterocycles. The number of H-pyrrole nitrogens is 1. The summed E-state index contributed by atoms with van der Waals surface area (Å²) in [7, 11) is 0. The minimum Gasteiger partial charge on any atom is -0.337 e. The van der Waals surface area contributed by atoms with E-state index in [4.69, 9.17) is 17.5 Å². The van der Waals surface area contributed by atoms with Crippen LogP contribution in [-0.2, 0) is 9.37 Å². The lowest BCUT2D eigenvalue weighted by molar-refractivity contribution is -0.432. The van der Waals surface area contributed by atoms with Gasteiger partial charge in [-0.05, 0) is 30.4 Å². The minimum absolute atomic E-state index is 0.737. The lowest BCUT2D eigenvalue weighted by Crippen LogP contribution is -1.78. The Hall–Kier alpha value is -0.440. The molecule has 1 heterocycles. The van der Waals surface area contributed by atoms with Crippen LogP contribution < -0.4 is 0 Å². The maximum Gasteiger partial charge on any atom is 0.159 e. The molecule has 2 rings (SSSR count). The highest BCUT2D eigenvalue weighted by molar-refractivity contribution is 7.94. The Kier molecular flexibility index (Phi) is 3.16. The molecule has 1 aromatic carbocycles. The average molecular weight is 247 g/mol. The summed E-state index contributed by atoms with van der Waals surface area (Å²) in [5.41, 5.74) is 0.950. The fourth-order valence-corrected chi connectivity index (χ4v) is 2.53. The van der Waals surface area contributed by atoms with Crippen molar-refractivity contribution in [1.29, 1.82) is 0 Å². The third-order valence-corrected chi connectivity index (χ3v) is 3.34. The first-order valence-corrected chi connectivity index (χ1v) is 5.54. The molecule has 7 heteroatoms. The summed E-state index contributed by atoms with van der Waals surface area (Å²) < 4.78 is 6.14. The highest BCUT2D eigenvalue weighted by Gasteiger charge is 2.00. The van der Waals surface area contributed by atoms with Crippen LogP contribution in [0.4, 0.5) is 0 Å². The van der Waals surface area contributed by atoms with E-state index in [1.54, 1.807) is 0 Å². The summed E-state index contributed by atoms with van der Waals surface area (Å²) in [6, 6.07) is 5.64. The van der Waals surface area contributed by atoms with Crippen molar-refractivity contribution in [3.8, 4) is 0 Å². The van der Waals surface area contributed by atoms with Crippen LogP contribution in [0.3, 0.4) is 0 Å². The third-order valence-electron chi connectivity index (χ3n) is 1.55. The van der Waals surface area contributed by atoms with Crippen LogP contribution in [0.5, 0.6) is 0 Å². The molecule has 0 atom stereocenters. The fourth-order valence-electron chi connectivity index (χ4n) is 1.04. The van der Waals surface area contributed by atoms with Crippen LogP contribution in [0.1, 0.15) is 0 Å². The largest absolute Gasteiger partial charge is 0.337 e. The van der Waals surface area contributed by atoms with Crippen LogP contribution in [0.2, 0.25) is 0 Å². The van der Waals surface area contributed by atoms with E-state index in [2.05, 4.69) is 14.4 Å². The SMILES string of the molecule is OOOSc1ccc2sc(=S)[nH]c2c1. The molecule has 0 aliphatic heterocycles. The topological polar surface area (TPSA) is 54.5 Å². The van der Waals surface area contributed by atoms with Gasteiger partial charge in [0.05, 0.1) is 22.3 Å². The number of hydrogen-bond donors (Lipinski definition) is 2. The van der Waals surface area contributed by atoms with E-state index in [0.29, 0.717) is 0 Å². The number of thiazole rings is 1. The fraction of sp³-hybridized carbons (Fsp3) is 0. The predicted molar refractivity (Wildman–Crippen MR) is 57.7 cm³/mol. The molecule has 0 aliphatic carbocycles. The molecule has 4 nitrogen and oxygen atoms in total. The molecule has 0 unspecified atom stereocenters. The highest BCUT2D eigenvalue weighted by Crippen LogP contribution is 2.26. The first-order valence-electron chi connectivity index (χ1n) is 3.57. The van der Waals surface area contributed by atoms with E-state index in [-0.39, 0.29) is 0 Å². The van der Waals surface area contributed by atoms with Crippen molar-refractivity contribution < 1.29 is 14.6 Å². The Morgan fingerprint density at radius 2 is 2.36 bits per heavy atom. The number of rotatable bonds is 3. The molecule has 0 saturated carbocycles. The first-order chi connectivity index (χ1) is 6.79. The zero-order valence-corrected chi connectivity index (χ0v) is 9.17. The molecule has 2 aromatic rings. The van der Waals surface area contributed by atoms with Crippen molar-refractivity contribution in [1.82, 2.24) is 4.98 Å². The Balaban J connectivity index is 2.35. The molecule has 0 aliphatic rings. The van der Waals surface area contributed by atoms with Crippen molar-refractivity contribution in [2.75, 3.05) is 0 Å². The Labute approximate surface area is 92.5 Å². The maximum atomic E-state index is 7.98. The third kappa shape index (κ3) is 2.14. The van der Waals surface area contributed by atoms with Gasteiger partial charge in [-0.15, -0.1) is 15.7 Å². The van der Waals surface area contributed by atoms with E-state index < -0.39 is 0 Å². The van der Waals surface area contributed by atoms with Crippen molar-refractivity contribution in [2.45, 2.75) is 4.90 Å². The smallest absolute Gasteiger partial charge is 0.159 e. The highest BCUT2D eigenvalue weighted by atomic mass is 32.2. The van der Waals surface area contributed by atoms with E-state index in [1.807, 2.05) is 18.2 Å². The number of aromatic nitrogens is 1. The Morgan fingerprint density at radius 1 is 1.50 bits per heavy atom. The van der Waals surface area contributed by atoms with Gasteiger partial charge < -0.3 is 4.98 Å². The van der Waals surface area contributed by atoms with E-state index in [9.17, 15) is 0 Å². The van der Waals surface area contributed by atoms with Gasteiger partial charge in [0.25, 0.3) is 0 Å². The van der Waals surface area contributed by atoms with Crippen LogP contribution in [-0.4, -0.2) is 10.2 Å². The lowest BCUT2D eigenvalue weighted by Gasteiger charge is -1.96. The number of fused-ring (bicyclic) bond motifs is 1. The molecular weight excluding hydrogens is 242 g/mol. The number of aromatic amines is 1. The van der Waals surface area contributed by atoms with Gasteiger partial charge in [-0.3, -0.25) is 0 Å². The van der Waals surface area contributed by atoms with Gasteiger partial charge in [-0.25, -0.2) is 5.26 Å². The van der Waals surface area contributed by atoms with Gasteiger partial charge in [-0.2, -0.15) is 0 Å². The molecule has 0 fully saturated rings. The standard InChI is InChI=1S/C7H5NO3S3/c9-10-11-14-4-1-2-6-5(3-4)8-7(12)13-6/h1-3,9H,(H,8,12). The van der Waals surface area contributed by atoms with Gasteiger partial charge in [0, 0.05) is 4.90 Å². The predicted octanol–water partition coefficient (Wildman–Crippen LogP) is 3.39. The molecule has 0 bridgehead atoms. The molecule has 0 amide bonds. The molecule has 0 spiro atoms. The summed E-state index contributed by atoms with van der Waals surface area (Å²) in [4.78, 5) is 3.85. The van der Waals surface area contributed by atoms with Crippen LogP contribution in [0, 0.1) is 3.95 Å². The van der Waals surface area contributed by atoms with Crippen LogP contribution in [0.25, 0.3) is 10.2 Å². The Bertz CT molecular complexity index is 492. The second-order valence-electron chi connectivity index (χ2n) is 2.40. The van der Waals surface area contributed by atoms with E-state index >= 15 is 0 Å². The van der Waals surface area contributed by atoms with Gasteiger partial charge in [-0.1, -0.05) is 5.04 Å². The summed E-state index contributed by atoms with van der Waals surface area (Å²) in [6.45, 7) is 0. The zero-order chi connectivity index (χ0) is 9.97. The molecular formula is C7H5NO3S3. The molecule has 2 N–H and O–H groups in total. The Morgan fingerprint density at radius 3 is 3.14 bits per heavy atom. The van der Waals surface area contributed by atoms with Gasteiger partial charge >= 0.3 is 0 Å². The van der Waals surface area contributed by atoms with E-state index in [0.717, 1.165) is 31.1 Å². The van der Waals surface area contributed by atoms with Gasteiger partial charge in [0.2, 0.25) is 0 Å². The van der Waals surface area contributed by atoms with Crippen LogP contribution >= 0.6 is 35.6 Å². The van der Waals surface area contributed by atoms with Crippen LogP contribution in [0.15, 0.2) is 23.1 Å². The second-order valence-corrected chi connectivity index (χ2v) is 4.89. The van der Waals surface area contributed by atoms with Crippen molar-refractivity contribution in [3.63, 3.8) is 0 Å². The molecule has 1 aromatic heterocycles. The second kappa shape index (κ2) is 4.39. The van der Waals surface area contributed by atoms with E-state index in [1.165, 1.54) is 11.3 Å². The number of benzene rings is 1. The van der Waals surface area contributed by atoms with Crippen molar-refractivity contribution >= 4 is 45.8 Å². The van der Waals surface area contributed by atoms with Crippen molar-refractivity contribution in [2.24, 2.45) is 0 Å². The quantitative estimate of drug-likeness (QED) is 0.377. The normalized spacial score (nSPS) is 10.9. The molecule has 0 radical (unpaired) electrons. The summed E-state index contributed by atoms with van der Waals surface area (Å²) in [6.07, 6.45) is 0. The van der Waals surface area contributed by atoms with Crippen molar-refractivity contribution in [3.05, 3.63) is 22.2 Å². The number of hydrogen-bond acceptors (Lipinski definition) is 6. The first kappa shape index (κ1) is 10.1. The van der Waals surface area contributed by atoms with Gasteiger partial charge in [0.15, 0.2) is 3.95 Å². The molecule has 74 valence electrons.